The molecule has 3 aromatic rings. The number of carbonyl (C=O) groups excluding carboxylic acids is 3. The van der Waals surface area contributed by atoms with Crippen molar-refractivity contribution in [3.8, 4) is 11.3 Å². The van der Waals surface area contributed by atoms with Gasteiger partial charge in [-0.15, -0.1) is 5.10 Å². The zero-order valence-electron chi connectivity index (χ0n) is 21.6. The number of halogens is 4. The van der Waals surface area contributed by atoms with Gasteiger partial charge in [0, 0.05) is 37.6 Å². The molecule has 1 aliphatic heterocycles. The Morgan fingerprint density at radius 2 is 1.68 bits per heavy atom. The van der Waals surface area contributed by atoms with Crippen LogP contribution in [0.25, 0.3) is 11.3 Å². The van der Waals surface area contributed by atoms with E-state index in [0.29, 0.717) is 10.0 Å². The van der Waals surface area contributed by atoms with Crippen LogP contribution in [0.1, 0.15) is 26.8 Å². The SMILES string of the molecule is CC(=O)OC[C@H]1O[C@H](Sc2cc(Cl)ccn2)[C@H](OC(C)=O)[C@@H](n2cc(-c3cc(F)c(F)c(F)c3)nn2)[C@H]1OC(C)=O. The molecule has 0 N–H and O–H groups in total. The number of esters is 3. The van der Waals surface area contributed by atoms with E-state index >= 15 is 0 Å². The molecule has 1 fully saturated rings. The zero-order valence-corrected chi connectivity index (χ0v) is 23.2. The van der Waals surface area contributed by atoms with E-state index in [0.717, 1.165) is 42.4 Å². The molecule has 0 aliphatic carbocycles. The van der Waals surface area contributed by atoms with E-state index in [1.807, 2.05) is 0 Å². The van der Waals surface area contributed by atoms with Crippen molar-refractivity contribution in [3.05, 3.63) is 59.1 Å². The standard InChI is InChI=1S/C25H22ClF3N4O7S/c1-11(34)37-10-19-23(38-12(2)35)22(33-9-18(31-32-33)14-6-16(27)21(29)17(28)7-14)24(39-13(3)36)25(40-19)41-20-8-15(26)4-5-30-20/h4-9,19,22-25H,10H2,1-3H3/t19-,22+,23+,24-,25-/m1/s1. The molecular weight excluding hydrogens is 593 g/mol. The molecule has 11 nitrogen and oxygen atoms in total. The molecule has 4 rings (SSSR count). The average molecular weight is 615 g/mol. The number of hydrogen-bond donors (Lipinski definition) is 0. The molecule has 0 bridgehead atoms. The zero-order chi connectivity index (χ0) is 29.8. The molecular formula is C25H22ClF3N4O7S. The lowest BCUT2D eigenvalue weighted by atomic mass is 9.96. The van der Waals surface area contributed by atoms with Crippen molar-refractivity contribution in [2.24, 2.45) is 0 Å². The highest BCUT2D eigenvalue weighted by molar-refractivity contribution is 7.99. The second kappa shape index (κ2) is 12.9. The van der Waals surface area contributed by atoms with Crippen molar-refractivity contribution in [1.29, 1.82) is 0 Å². The molecule has 0 saturated carbocycles. The third kappa shape index (κ3) is 7.34. The van der Waals surface area contributed by atoms with Crippen LogP contribution in [-0.4, -0.2) is 68.2 Å². The summed E-state index contributed by atoms with van der Waals surface area (Å²) in [5.74, 6) is -6.65. The minimum Gasteiger partial charge on any atom is -0.463 e. The van der Waals surface area contributed by atoms with Gasteiger partial charge in [0.05, 0.1) is 6.20 Å². The molecule has 41 heavy (non-hydrogen) atoms. The molecule has 0 spiro atoms. The Kier molecular flexibility index (Phi) is 9.50. The van der Waals surface area contributed by atoms with Gasteiger partial charge in [0.1, 0.15) is 34.9 Å². The first-order valence-electron chi connectivity index (χ1n) is 11.9. The number of aromatic nitrogens is 4. The summed E-state index contributed by atoms with van der Waals surface area (Å²) in [4.78, 5) is 40.2. The molecule has 218 valence electrons. The van der Waals surface area contributed by atoms with Gasteiger partial charge in [0.25, 0.3) is 0 Å². The second-order valence-corrected chi connectivity index (χ2v) is 10.3. The highest BCUT2D eigenvalue weighted by Gasteiger charge is 2.52. The lowest BCUT2D eigenvalue weighted by Gasteiger charge is -2.44. The lowest BCUT2D eigenvalue weighted by molar-refractivity contribution is -0.212. The smallest absolute Gasteiger partial charge is 0.303 e. The maximum atomic E-state index is 13.9. The normalized spacial score (nSPS) is 22.2. The molecule has 0 radical (unpaired) electrons. The van der Waals surface area contributed by atoms with Crippen molar-refractivity contribution in [2.45, 2.75) is 55.6 Å². The topological polar surface area (TPSA) is 132 Å². The first-order chi connectivity index (χ1) is 19.4. The number of hydrogen-bond acceptors (Lipinski definition) is 11. The first kappa shape index (κ1) is 30.3. The van der Waals surface area contributed by atoms with Crippen LogP contribution >= 0.6 is 23.4 Å². The van der Waals surface area contributed by atoms with E-state index < -0.39 is 65.1 Å². The van der Waals surface area contributed by atoms with Gasteiger partial charge in [-0.05, 0) is 24.3 Å². The summed E-state index contributed by atoms with van der Waals surface area (Å²) in [5.41, 5.74) is -1.26. The minimum atomic E-state index is -1.65. The highest BCUT2D eigenvalue weighted by atomic mass is 35.5. The Morgan fingerprint density at radius 1 is 1.02 bits per heavy atom. The van der Waals surface area contributed by atoms with Gasteiger partial charge in [-0.2, -0.15) is 0 Å². The van der Waals surface area contributed by atoms with Gasteiger partial charge in [0.2, 0.25) is 0 Å². The summed E-state index contributed by atoms with van der Waals surface area (Å²) < 4.78 is 65.0. The van der Waals surface area contributed by atoms with Gasteiger partial charge >= 0.3 is 17.9 Å². The molecule has 1 aliphatic rings. The Hall–Kier alpha value is -3.69. The predicted molar refractivity (Wildman–Crippen MR) is 136 cm³/mol. The van der Waals surface area contributed by atoms with Crippen molar-refractivity contribution in [2.75, 3.05) is 6.61 Å². The van der Waals surface area contributed by atoms with Crippen LogP contribution in [0.3, 0.4) is 0 Å². The summed E-state index contributed by atoms with van der Waals surface area (Å²) in [6.45, 7) is 3.09. The third-order valence-electron chi connectivity index (χ3n) is 5.70. The Balaban J connectivity index is 1.82. The molecule has 0 unspecified atom stereocenters. The van der Waals surface area contributed by atoms with E-state index in [1.165, 1.54) is 19.3 Å². The van der Waals surface area contributed by atoms with Gasteiger partial charge in [0.15, 0.2) is 29.7 Å². The minimum absolute atomic E-state index is 0.0744. The van der Waals surface area contributed by atoms with Crippen LogP contribution in [0.4, 0.5) is 13.2 Å². The van der Waals surface area contributed by atoms with Gasteiger partial charge in [-0.25, -0.2) is 22.8 Å². The number of rotatable bonds is 8. The summed E-state index contributed by atoms with van der Waals surface area (Å²) in [5, 5.41) is 8.72. The van der Waals surface area contributed by atoms with Crippen molar-refractivity contribution in [3.63, 3.8) is 0 Å². The van der Waals surface area contributed by atoms with Crippen LogP contribution < -0.4 is 0 Å². The van der Waals surface area contributed by atoms with E-state index in [2.05, 4.69) is 15.3 Å². The number of benzene rings is 1. The molecule has 5 atom stereocenters. The fourth-order valence-electron chi connectivity index (χ4n) is 4.11. The van der Waals surface area contributed by atoms with Gasteiger partial charge < -0.3 is 18.9 Å². The maximum absolute atomic E-state index is 13.9. The number of pyridine rings is 1. The lowest BCUT2D eigenvalue weighted by Crippen LogP contribution is -2.57. The molecule has 0 amide bonds. The number of nitrogens with zero attached hydrogens (tertiary/aromatic N) is 4. The van der Waals surface area contributed by atoms with Crippen LogP contribution in [0.2, 0.25) is 5.02 Å². The largest absolute Gasteiger partial charge is 0.463 e. The summed E-state index contributed by atoms with van der Waals surface area (Å²) in [6.07, 6.45) is -0.903. The number of carbonyl (C=O) groups is 3. The second-order valence-electron chi connectivity index (χ2n) is 8.75. The number of thioether (sulfide) groups is 1. The quantitative estimate of drug-likeness (QED) is 0.208. The summed E-state index contributed by atoms with van der Waals surface area (Å²) in [6, 6.07) is 3.40. The van der Waals surface area contributed by atoms with Crippen molar-refractivity contribution >= 4 is 41.3 Å². The molecule has 16 heteroatoms. The fourth-order valence-corrected chi connectivity index (χ4v) is 5.43. The Morgan fingerprint density at radius 3 is 2.29 bits per heavy atom. The van der Waals surface area contributed by atoms with Crippen LogP contribution in [0, 0.1) is 17.5 Å². The van der Waals surface area contributed by atoms with Crippen LogP contribution in [-0.2, 0) is 33.3 Å². The van der Waals surface area contributed by atoms with E-state index in [4.69, 9.17) is 30.5 Å². The summed E-state index contributed by atoms with van der Waals surface area (Å²) in [7, 11) is 0. The predicted octanol–water partition coefficient (Wildman–Crippen LogP) is 3.90. The molecule has 1 aromatic carbocycles. The monoisotopic (exact) mass is 614 g/mol. The van der Waals surface area contributed by atoms with Gasteiger partial charge in [-0.1, -0.05) is 28.6 Å². The Bertz CT molecular complexity index is 1440. The van der Waals surface area contributed by atoms with Crippen molar-refractivity contribution in [1.82, 2.24) is 20.0 Å². The number of ether oxygens (including phenoxy) is 4. The van der Waals surface area contributed by atoms with Crippen LogP contribution in [0.5, 0.6) is 0 Å². The van der Waals surface area contributed by atoms with E-state index in [-0.39, 0.29) is 17.9 Å². The molecule has 1 saturated heterocycles. The fraction of sp³-hybridized carbons (Fsp3) is 0.360. The Labute approximate surface area is 240 Å². The third-order valence-corrected chi connectivity index (χ3v) is 7.01. The van der Waals surface area contributed by atoms with E-state index in [1.54, 1.807) is 12.1 Å². The van der Waals surface area contributed by atoms with Gasteiger partial charge in [-0.3, -0.25) is 14.4 Å². The maximum Gasteiger partial charge on any atom is 0.303 e. The molecule has 3 heterocycles. The van der Waals surface area contributed by atoms with E-state index in [9.17, 15) is 27.6 Å². The average Bonchev–Trinajstić information content (AvgIpc) is 3.37. The molecule has 2 aromatic heterocycles. The van der Waals surface area contributed by atoms with Crippen LogP contribution in [0.15, 0.2) is 41.7 Å². The first-order valence-corrected chi connectivity index (χ1v) is 13.2. The van der Waals surface area contributed by atoms with Crippen molar-refractivity contribution < 1.29 is 46.5 Å². The summed E-state index contributed by atoms with van der Waals surface area (Å²) >= 11 is 7.12. The highest BCUT2D eigenvalue weighted by Crippen LogP contribution is 2.41.